The van der Waals surface area contributed by atoms with Gasteiger partial charge in [0.1, 0.15) is 17.4 Å². The summed E-state index contributed by atoms with van der Waals surface area (Å²) in [5.74, 6) is 0.100. The third-order valence-corrected chi connectivity index (χ3v) is 7.20. The molecule has 3 aromatic carbocycles. The van der Waals surface area contributed by atoms with Gasteiger partial charge in [-0.3, -0.25) is 10.1 Å². The van der Waals surface area contributed by atoms with Crippen LogP contribution in [-0.2, 0) is 16.1 Å². The zero-order valence-electron chi connectivity index (χ0n) is 16.9. The summed E-state index contributed by atoms with van der Waals surface area (Å²) in [6.45, 7) is 0.441. The summed E-state index contributed by atoms with van der Waals surface area (Å²) in [6.07, 6.45) is 1.60. The van der Waals surface area contributed by atoms with Crippen molar-refractivity contribution in [3.63, 3.8) is 0 Å². The molecule has 0 N–H and O–H groups in total. The van der Waals surface area contributed by atoms with Crippen molar-refractivity contribution in [3.05, 3.63) is 103 Å². The summed E-state index contributed by atoms with van der Waals surface area (Å²) in [7, 11) is 0. The summed E-state index contributed by atoms with van der Waals surface area (Å²) in [6, 6.07) is 16.0. The second kappa shape index (κ2) is 10.9. The Morgan fingerprint density at radius 1 is 1.09 bits per heavy atom. The van der Waals surface area contributed by atoms with Crippen molar-refractivity contribution in [3.8, 4) is 5.75 Å². The minimum atomic E-state index is -0.642. The first kappa shape index (κ1) is 25.3. The molecule has 0 fully saturated rings. The molecular weight excluding hydrogens is 800 g/mol. The van der Waals surface area contributed by atoms with Crippen LogP contribution in [0.25, 0.3) is 6.08 Å². The van der Waals surface area contributed by atoms with E-state index >= 15 is 0 Å². The fourth-order valence-electron chi connectivity index (χ4n) is 3.06. The highest BCUT2D eigenvalue weighted by Crippen LogP contribution is 2.32. The Morgan fingerprint density at radius 2 is 1.82 bits per heavy atom. The Labute approximate surface area is 240 Å². The van der Waals surface area contributed by atoms with Gasteiger partial charge in [0, 0.05) is 15.2 Å². The van der Waals surface area contributed by atoms with Gasteiger partial charge in [-0.1, -0.05) is 23.7 Å². The van der Waals surface area contributed by atoms with Gasteiger partial charge < -0.3 is 9.47 Å². The number of aliphatic imine (C=N–C) groups is 1. The van der Waals surface area contributed by atoms with Crippen LogP contribution in [0, 0.1) is 20.8 Å². The summed E-state index contributed by atoms with van der Waals surface area (Å²) in [5.41, 5.74) is 1.90. The van der Waals surface area contributed by atoms with E-state index in [2.05, 4.69) is 78.8 Å². The van der Waals surface area contributed by atoms with E-state index in [1.54, 1.807) is 6.08 Å². The molecule has 0 atom stereocenters. The molecule has 0 saturated carbocycles. The van der Waals surface area contributed by atoms with E-state index < -0.39 is 10.9 Å². The fourth-order valence-corrected chi connectivity index (χ4v) is 5.98. The quantitative estimate of drug-likeness (QED) is 0.0882. The molecule has 1 aliphatic rings. The van der Waals surface area contributed by atoms with Crippen LogP contribution in [0.2, 0.25) is 5.02 Å². The van der Waals surface area contributed by atoms with E-state index in [-0.39, 0.29) is 27.9 Å². The molecule has 1 aliphatic heterocycles. The molecule has 11 heteroatoms. The second-order valence-electron chi connectivity index (χ2n) is 6.99. The minimum Gasteiger partial charge on any atom is -0.487 e. The van der Waals surface area contributed by atoms with E-state index in [0.717, 1.165) is 27.6 Å². The summed E-state index contributed by atoms with van der Waals surface area (Å²) in [5, 5.41) is 11.1. The van der Waals surface area contributed by atoms with E-state index in [1.165, 1.54) is 18.2 Å². The molecule has 0 aromatic heterocycles. The maximum Gasteiger partial charge on any atom is 0.363 e. The highest BCUT2D eigenvalue weighted by atomic mass is 127. The number of ether oxygens (including phenoxy) is 2. The number of esters is 1. The van der Waals surface area contributed by atoms with Gasteiger partial charge in [0.25, 0.3) is 5.69 Å². The van der Waals surface area contributed by atoms with Gasteiger partial charge in [-0.15, -0.1) is 0 Å². The molecule has 7 nitrogen and oxygen atoms in total. The lowest BCUT2D eigenvalue weighted by atomic mass is 10.2. The molecule has 3 aromatic rings. The first-order valence-corrected chi connectivity index (χ1v) is 13.2. The maximum absolute atomic E-state index is 12.4. The molecule has 0 spiro atoms. The van der Waals surface area contributed by atoms with Gasteiger partial charge in [0.15, 0.2) is 5.70 Å². The topological polar surface area (TPSA) is 91.0 Å². The van der Waals surface area contributed by atoms with Crippen molar-refractivity contribution in [1.29, 1.82) is 0 Å². The van der Waals surface area contributed by atoms with Gasteiger partial charge in [-0.25, -0.2) is 9.79 Å². The smallest absolute Gasteiger partial charge is 0.363 e. The first-order valence-electron chi connectivity index (χ1n) is 9.54. The Balaban J connectivity index is 1.57. The van der Waals surface area contributed by atoms with Gasteiger partial charge in [-0.2, -0.15) is 0 Å². The van der Waals surface area contributed by atoms with Crippen LogP contribution in [0.5, 0.6) is 5.75 Å². The number of cyclic esters (lactones) is 1. The molecule has 1 heterocycles. The predicted octanol–water partition coefficient (Wildman–Crippen LogP) is 6.99. The van der Waals surface area contributed by atoms with E-state index in [4.69, 9.17) is 21.1 Å². The molecule has 34 heavy (non-hydrogen) atoms. The molecule has 0 unspecified atom stereocenters. The number of carbonyl (C=O) groups is 1. The van der Waals surface area contributed by atoms with Gasteiger partial charge in [0.2, 0.25) is 5.90 Å². The number of halogens is 4. The molecule has 172 valence electrons. The first-order chi connectivity index (χ1) is 16.2. The Morgan fingerprint density at radius 3 is 2.50 bits per heavy atom. The second-order valence-corrected chi connectivity index (χ2v) is 11.0. The number of rotatable bonds is 6. The lowest BCUT2D eigenvalue weighted by Gasteiger charge is -2.12. The molecular formula is C23H12ClI3N2O5. The summed E-state index contributed by atoms with van der Waals surface area (Å²) in [4.78, 5) is 27.1. The van der Waals surface area contributed by atoms with Crippen LogP contribution in [0.3, 0.4) is 0 Å². The largest absolute Gasteiger partial charge is 0.487 e. The van der Waals surface area contributed by atoms with E-state index in [1.807, 2.05) is 30.3 Å². The zero-order chi connectivity index (χ0) is 24.4. The lowest BCUT2D eigenvalue weighted by Crippen LogP contribution is -2.06. The van der Waals surface area contributed by atoms with Crippen LogP contribution >= 0.6 is 79.4 Å². The average molecular weight is 813 g/mol. The van der Waals surface area contributed by atoms with Crippen LogP contribution < -0.4 is 4.74 Å². The highest BCUT2D eigenvalue weighted by Gasteiger charge is 2.26. The number of hydrogen-bond acceptors (Lipinski definition) is 6. The number of hydrogen-bond donors (Lipinski definition) is 0. The Bertz CT molecular complexity index is 1370. The standard InChI is InChI=1S/C23H12ClI3N2O5/c24-16-5-4-14(10-20(16)29(31)32)22-28-19(23(30)34-22)9-13-7-17(26)21(18(27)8-13)33-11-12-2-1-3-15(25)6-12/h1-10H,11H2/b19-9-. The number of nitro groups is 1. The monoisotopic (exact) mass is 812 g/mol. The normalized spacial score (nSPS) is 14.2. The maximum atomic E-state index is 12.4. The van der Waals surface area contributed by atoms with Crippen molar-refractivity contribution >= 4 is 103 Å². The Hall–Kier alpha value is -1.78. The van der Waals surface area contributed by atoms with Crippen LogP contribution in [0.1, 0.15) is 16.7 Å². The van der Waals surface area contributed by atoms with Crippen LogP contribution in [0.4, 0.5) is 5.69 Å². The third-order valence-electron chi connectivity index (χ3n) is 4.61. The Kier molecular flexibility index (Phi) is 8.09. The van der Waals surface area contributed by atoms with Crippen molar-refractivity contribution in [1.82, 2.24) is 0 Å². The molecule has 0 aliphatic carbocycles. The van der Waals surface area contributed by atoms with Crippen LogP contribution in [-0.4, -0.2) is 16.8 Å². The number of nitrogens with zero attached hydrogens (tertiary/aromatic N) is 2. The lowest BCUT2D eigenvalue weighted by molar-refractivity contribution is -0.384. The molecule has 0 amide bonds. The minimum absolute atomic E-state index is 0.0112. The van der Waals surface area contributed by atoms with E-state index in [9.17, 15) is 14.9 Å². The summed E-state index contributed by atoms with van der Waals surface area (Å²) >= 11 is 12.5. The predicted molar refractivity (Wildman–Crippen MR) is 154 cm³/mol. The van der Waals surface area contributed by atoms with E-state index in [0.29, 0.717) is 6.61 Å². The van der Waals surface area contributed by atoms with Crippen molar-refractivity contribution < 1.29 is 19.2 Å². The fraction of sp³-hybridized carbons (Fsp3) is 0.0435. The number of nitro benzene ring substituents is 1. The van der Waals surface area contributed by atoms with Crippen molar-refractivity contribution in [2.75, 3.05) is 0 Å². The van der Waals surface area contributed by atoms with Crippen molar-refractivity contribution in [2.24, 2.45) is 4.99 Å². The molecule has 0 radical (unpaired) electrons. The van der Waals surface area contributed by atoms with Gasteiger partial charge in [-0.05, 0) is 121 Å². The highest BCUT2D eigenvalue weighted by molar-refractivity contribution is 14.1. The zero-order valence-corrected chi connectivity index (χ0v) is 24.2. The van der Waals surface area contributed by atoms with Gasteiger partial charge >= 0.3 is 5.97 Å². The molecule has 0 bridgehead atoms. The SMILES string of the molecule is O=C1OC(c2ccc(Cl)c([N+](=O)[O-])c2)=N/C1=C\c1cc(I)c(OCc2cccc(I)c2)c(I)c1. The molecule has 0 saturated heterocycles. The summed E-state index contributed by atoms with van der Waals surface area (Å²) < 4.78 is 14.2. The van der Waals surface area contributed by atoms with Gasteiger partial charge in [0.05, 0.1) is 12.1 Å². The molecule has 4 rings (SSSR count). The third kappa shape index (κ3) is 5.88. The average Bonchev–Trinajstić information content (AvgIpc) is 3.13. The van der Waals surface area contributed by atoms with Crippen LogP contribution in [0.15, 0.2) is 65.3 Å². The van der Waals surface area contributed by atoms with Crippen molar-refractivity contribution in [2.45, 2.75) is 6.61 Å². The number of benzene rings is 3. The number of carbonyl (C=O) groups excluding carboxylic acids is 1.